The number of hydrogen-bond donors (Lipinski definition) is 1. The van der Waals surface area contributed by atoms with Gasteiger partial charge in [-0.1, -0.05) is 25.7 Å². The van der Waals surface area contributed by atoms with E-state index in [1.165, 1.54) is 57.8 Å². The van der Waals surface area contributed by atoms with E-state index in [4.69, 9.17) is 5.41 Å². The van der Waals surface area contributed by atoms with Crippen LogP contribution in [0.2, 0.25) is 0 Å². The van der Waals surface area contributed by atoms with Crippen molar-refractivity contribution in [2.24, 2.45) is 23.7 Å². The zero-order valence-corrected chi connectivity index (χ0v) is 11.8. The van der Waals surface area contributed by atoms with Crippen molar-refractivity contribution < 1.29 is 0 Å². The number of hydrogen-bond acceptors (Lipinski definition) is 1. The molecule has 0 aromatic heterocycles. The van der Waals surface area contributed by atoms with Crippen LogP contribution >= 0.6 is 0 Å². The second-order valence-electron chi connectivity index (χ2n) is 7.04. The second kappa shape index (κ2) is 5.22. The highest BCUT2D eigenvalue weighted by Gasteiger charge is 2.40. The third-order valence-corrected chi connectivity index (χ3v) is 5.80. The van der Waals surface area contributed by atoms with Crippen LogP contribution in [0.1, 0.15) is 57.8 Å². The summed E-state index contributed by atoms with van der Waals surface area (Å²) in [6.07, 6.45) is 12.5. The van der Waals surface area contributed by atoms with E-state index >= 15 is 0 Å². The Morgan fingerprint density at radius 1 is 1.06 bits per heavy atom. The van der Waals surface area contributed by atoms with E-state index in [0.717, 1.165) is 30.1 Å². The number of nitrogens with one attached hydrogen (secondary N) is 1. The summed E-state index contributed by atoms with van der Waals surface area (Å²) in [4.78, 5) is 2.29. The molecule has 0 aromatic rings. The SMILES string of the molecule is CN(CC1CC2CCC1C2)C(=N)C1CCCCC1. The van der Waals surface area contributed by atoms with Crippen LogP contribution in [0.25, 0.3) is 0 Å². The van der Waals surface area contributed by atoms with Gasteiger partial charge in [-0.05, 0) is 49.9 Å². The fourth-order valence-corrected chi connectivity index (χ4v) is 4.74. The molecule has 18 heavy (non-hydrogen) atoms. The van der Waals surface area contributed by atoms with Gasteiger partial charge >= 0.3 is 0 Å². The molecule has 2 heteroatoms. The quantitative estimate of drug-likeness (QED) is 0.595. The van der Waals surface area contributed by atoms with E-state index in [2.05, 4.69) is 11.9 Å². The van der Waals surface area contributed by atoms with E-state index in [-0.39, 0.29) is 0 Å². The van der Waals surface area contributed by atoms with Crippen LogP contribution < -0.4 is 0 Å². The Balaban J connectivity index is 1.51. The molecule has 0 aliphatic heterocycles. The molecule has 3 aliphatic carbocycles. The predicted molar refractivity (Wildman–Crippen MR) is 75.9 cm³/mol. The molecule has 3 unspecified atom stereocenters. The molecule has 0 heterocycles. The molecule has 1 N–H and O–H groups in total. The van der Waals surface area contributed by atoms with Crippen molar-refractivity contribution in [3.05, 3.63) is 0 Å². The molecular formula is C16H28N2. The van der Waals surface area contributed by atoms with Gasteiger partial charge in [0.2, 0.25) is 0 Å². The van der Waals surface area contributed by atoms with E-state index in [9.17, 15) is 0 Å². The summed E-state index contributed by atoms with van der Waals surface area (Å²) in [7, 11) is 2.17. The highest BCUT2D eigenvalue weighted by molar-refractivity contribution is 5.81. The van der Waals surface area contributed by atoms with E-state index in [1.807, 2.05) is 0 Å². The molecule has 102 valence electrons. The summed E-state index contributed by atoms with van der Waals surface area (Å²) in [6, 6.07) is 0. The van der Waals surface area contributed by atoms with Crippen LogP contribution in [-0.4, -0.2) is 24.3 Å². The van der Waals surface area contributed by atoms with Gasteiger partial charge in [-0.15, -0.1) is 0 Å². The first kappa shape index (κ1) is 12.5. The van der Waals surface area contributed by atoms with Crippen molar-refractivity contribution in [1.29, 1.82) is 5.41 Å². The average Bonchev–Trinajstić information content (AvgIpc) is 3.01. The maximum absolute atomic E-state index is 8.41. The minimum Gasteiger partial charge on any atom is -0.363 e. The Morgan fingerprint density at radius 3 is 2.44 bits per heavy atom. The van der Waals surface area contributed by atoms with Crippen LogP contribution in [-0.2, 0) is 0 Å². The molecule has 0 saturated heterocycles. The number of rotatable bonds is 3. The lowest BCUT2D eigenvalue weighted by Gasteiger charge is -2.33. The molecule has 3 saturated carbocycles. The van der Waals surface area contributed by atoms with Crippen molar-refractivity contribution in [2.45, 2.75) is 57.8 Å². The molecule has 0 amide bonds. The second-order valence-corrected chi connectivity index (χ2v) is 7.04. The first-order chi connectivity index (χ1) is 8.74. The normalized spacial score (nSPS) is 35.9. The standard InChI is InChI=1S/C16H28N2/c1-18(16(17)13-5-3-2-4-6-13)11-15-10-12-7-8-14(15)9-12/h12-15,17H,2-11H2,1H3. The Bertz CT molecular complexity index is 306. The van der Waals surface area contributed by atoms with Gasteiger partial charge in [0.05, 0.1) is 5.84 Å². The van der Waals surface area contributed by atoms with Gasteiger partial charge in [-0.2, -0.15) is 0 Å². The molecule has 3 atom stereocenters. The summed E-state index contributed by atoms with van der Waals surface area (Å²) >= 11 is 0. The minimum atomic E-state index is 0.572. The zero-order chi connectivity index (χ0) is 12.5. The maximum Gasteiger partial charge on any atom is 0.0986 e. The maximum atomic E-state index is 8.41. The number of nitrogens with zero attached hydrogens (tertiary/aromatic N) is 1. The summed E-state index contributed by atoms with van der Waals surface area (Å²) in [5, 5.41) is 8.41. The molecule has 0 aromatic carbocycles. The van der Waals surface area contributed by atoms with Crippen molar-refractivity contribution in [3.8, 4) is 0 Å². The lowest BCUT2D eigenvalue weighted by Crippen LogP contribution is -2.37. The van der Waals surface area contributed by atoms with Gasteiger partial charge in [-0.25, -0.2) is 0 Å². The summed E-state index contributed by atoms with van der Waals surface area (Å²) in [6.45, 7) is 1.16. The Hall–Kier alpha value is -0.530. The number of amidine groups is 1. The topological polar surface area (TPSA) is 27.1 Å². The fraction of sp³-hybridized carbons (Fsp3) is 0.938. The van der Waals surface area contributed by atoms with Gasteiger partial charge in [0.1, 0.15) is 0 Å². The molecule has 3 aliphatic rings. The van der Waals surface area contributed by atoms with Gasteiger partial charge in [0, 0.05) is 19.5 Å². The first-order valence-electron chi connectivity index (χ1n) is 8.03. The Morgan fingerprint density at radius 2 is 1.83 bits per heavy atom. The van der Waals surface area contributed by atoms with Crippen LogP contribution in [0.3, 0.4) is 0 Å². The van der Waals surface area contributed by atoms with Gasteiger partial charge in [0.25, 0.3) is 0 Å². The lowest BCUT2D eigenvalue weighted by molar-refractivity contribution is 0.265. The van der Waals surface area contributed by atoms with Crippen LogP contribution in [0.15, 0.2) is 0 Å². The largest absolute Gasteiger partial charge is 0.363 e. The predicted octanol–water partition coefficient (Wildman–Crippen LogP) is 3.91. The van der Waals surface area contributed by atoms with Gasteiger partial charge < -0.3 is 4.90 Å². The Labute approximate surface area is 112 Å². The first-order valence-corrected chi connectivity index (χ1v) is 8.03. The summed E-state index contributed by atoms with van der Waals surface area (Å²) in [5.74, 6) is 4.45. The molecule has 2 bridgehead atoms. The summed E-state index contributed by atoms with van der Waals surface area (Å²) in [5.41, 5.74) is 0. The summed E-state index contributed by atoms with van der Waals surface area (Å²) < 4.78 is 0. The van der Waals surface area contributed by atoms with E-state index in [0.29, 0.717) is 5.92 Å². The third-order valence-electron chi connectivity index (χ3n) is 5.80. The van der Waals surface area contributed by atoms with Gasteiger partial charge in [-0.3, -0.25) is 5.41 Å². The fourth-order valence-electron chi connectivity index (χ4n) is 4.74. The average molecular weight is 248 g/mol. The molecule has 3 rings (SSSR count). The van der Waals surface area contributed by atoms with Crippen LogP contribution in [0.5, 0.6) is 0 Å². The Kier molecular flexibility index (Phi) is 3.63. The highest BCUT2D eigenvalue weighted by Crippen LogP contribution is 2.48. The van der Waals surface area contributed by atoms with Crippen molar-refractivity contribution in [3.63, 3.8) is 0 Å². The van der Waals surface area contributed by atoms with Crippen LogP contribution in [0.4, 0.5) is 0 Å². The zero-order valence-electron chi connectivity index (χ0n) is 11.8. The molecule has 3 fully saturated rings. The van der Waals surface area contributed by atoms with Crippen molar-refractivity contribution >= 4 is 5.84 Å². The molecule has 0 radical (unpaired) electrons. The van der Waals surface area contributed by atoms with E-state index in [1.54, 1.807) is 0 Å². The minimum absolute atomic E-state index is 0.572. The van der Waals surface area contributed by atoms with Crippen molar-refractivity contribution in [2.75, 3.05) is 13.6 Å². The monoisotopic (exact) mass is 248 g/mol. The number of fused-ring (bicyclic) bond motifs is 2. The van der Waals surface area contributed by atoms with Gasteiger partial charge in [0.15, 0.2) is 0 Å². The third kappa shape index (κ3) is 2.44. The van der Waals surface area contributed by atoms with Crippen LogP contribution in [0, 0.1) is 29.1 Å². The van der Waals surface area contributed by atoms with E-state index < -0.39 is 0 Å². The smallest absolute Gasteiger partial charge is 0.0986 e. The van der Waals surface area contributed by atoms with Crippen molar-refractivity contribution in [1.82, 2.24) is 4.90 Å². The molecule has 0 spiro atoms. The highest BCUT2D eigenvalue weighted by atomic mass is 15.1. The molecule has 2 nitrogen and oxygen atoms in total. The molecular weight excluding hydrogens is 220 g/mol. The lowest BCUT2D eigenvalue weighted by atomic mass is 9.86.